The molecule has 0 amide bonds. The molecule has 224 valence electrons. The first-order chi connectivity index (χ1) is 20.4. The molecule has 2 aromatic carbocycles. The van der Waals surface area contributed by atoms with E-state index in [-0.39, 0.29) is 0 Å². The van der Waals surface area contributed by atoms with Gasteiger partial charge in [-0.05, 0) is 128 Å². The maximum atomic E-state index is 2.51. The smallest absolute Gasteiger partial charge is 0.0103 e. The van der Waals surface area contributed by atoms with E-state index in [1.807, 2.05) is 0 Å². The van der Waals surface area contributed by atoms with E-state index in [4.69, 9.17) is 0 Å². The normalized spacial score (nSPS) is 14.5. The standard InChI is InChI=1S/C42H56/c1-8-12-14-22-36(17-10-3)37-24-26-38(27-25-37)42-31-40(30-39-23-16-20-34(11-4)29-41(39)42)33(7)28-35(19-13-9-2)21-15-18-32(5)6/h15,17-19,21,24-31H,8-14,16,20,22-23H2,1-7H3/b21-15-,33-28?,35-19+,36-17+. The summed E-state index contributed by atoms with van der Waals surface area (Å²) in [5, 5.41) is 0. The summed E-state index contributed by atoms with van der Waals surface area (Å²) in [6.07, 6.45) is 29.4. The molecule has 1 aliphatic rings. The number of benzene rings is 2. The molecule has 3 rings (SSSR count). The third-order valence-corrected chi connectivity index (χ3v) is 8.30. The zero-order valence-corrected chi connectivity index (χ0v) is 27.8. The van der Waals surface area contributed by atoms with Crippen molar-refractivity contribution in [1.82, 2.24) is 0 Å². The largest absolute Gasteiger partial charge is 0.0810 e. The molecular weight excluding hydrogens is 504 g/mol. The van der Waals surface area contributed by atoms with Crippen LogP contribution < -0.4 is 0 Å². The molecule has 2 aromatic rings. The lowest BCUT2D eigenvalue weighted by molar-refractivity contribution is 0.734. The van der Waals surface area contributed by atoms with Gasteiger partial charge in [0.1, 0.15) is 0 Å². The van der Waals surface area contributed by atoms with Crippen LogP contribution in [0.1, 0.15) is 135 Å². The van der Waals surface area contributed by atoms with Gasteiger partial charge in [0, 0.05) is 0 Å². The van der Waals surface area contributed by atoms with Crippen LogP contribution in [-0.4, -0.2) is 0 Å². The molecule has 0 unspecified atom stereocenters. The Kier molecular flexibility index (Phi) is 14.1. The molecule has 0 aromatic heterocycles. The fourth-order valence-electron chi connectivity index (χ4n) is 5.83. The van der Waals surface area contributed by atoms with Crippen molar-refractivity contribution >= 4 is 17.2 Å². The number of rotatable bonds is 14. The topological polar surface area (TPSA) is 0 Å². The fourth-order valence-corrected chi connectivity index (χ4v) is 5.83. The zero-order valence-electron chi connectivity index (χ0n) is 27.8. The highest BCUT2D eigenvalue weighted by atomic mass is 14.2. The molecule has 0 heterocycles. The third kappa shape index (κ3) is 10.0. The Morgan fingerprint density at radius 1 is 0.833 bits per heavy atom. The predicted molar refractivity (Wildman–Crippen MR) is 191 cm³/mol. The molecular formula is C42H56. The Labute approximate surface area is 258 Å². The third-order valence-electron chi connectivity index (χ3n) is 8.30. The van der Waals surface area contributed by atoms with Crippen molar-refractivity contribution in [2.24, 2.45) is 0 Å². The van der Waals surface area contributed by atoms with E-state index in [0.717, 1.165) is 32.1 Å². The minimum absolute atomic E-state index is 1.09. The van der Waals surface area contributed by atoms with Crippen LogP contribution in [0.15, 0.2) is 89.6 Å². The first-order valence-corrected chi connectivity index (χ1v) is 16.8. The SMILES string of the molecule is CC/C=C(\CCCCC)c1ccc(-c2cc(C(C)=CC(/C=C\C=C(C)C)=C/CCC)cc3c2C=C(CC)CCC3)cc1. The molecule has 0 N–H and O–H groups in total. The Morgan fingerprint density at radius 3 is 2.29 bits per heavy atom. The average Bonchev–Trinajstić information content (AvgIpc) is 3.21. The average molecular weight is 561 g/mol. The van der Waals surface area contributed by atoms with Gasteiger partial charge in [-0.15, -0.1) is 0 Å². The lowest BCUT2D eigenvalue weighted by Crippen LogP contribution is -1.96. The van der Waals surface area contributed by atoms with E-state index in [9.17, 15) is 0 Å². The number of aryl methyl sites for hydroxylation is 1. The molecule has 1 aliphatic carbocycles. The monoisotopic (exact) mass is 560 g/mol. The summed E-state index contributed by atoms with van der Waals surface area (Å²) in [5.41, 5.74) is 15.4. The molecule has 0 saturated heterocycles. The molecule has 0 heteroatoms. The van der Waals surface area contributed by atoms with Crippen LogP contribution in [0.25, 0.3) is 28.3 Å². The minimum Gasteiger partial charge on any atom is -0.0810 e. The summed E-state index contributed by atoms with van der Waals surface area (Å²) in [5.74, 6) is 0. The van der Waals surface area contributed by atoms with Crippen LogP contribution in [0.3, 0.4) is 0 Å². The number of hydrogen-bond donors (Lipinski definition) is 0. The number of unbranched alkanes of at least 4 members (excludes halogenated alkanes) is 3. The molecule has 42 heavy (non-hydrogen) atoms. The van der Waals surface area contributed by atoms with Crippen LogP contribution in [-0.2, 0) is 6.42 Å². The summed E-state index contributed by atoms with van der Waals surface area (Å²) in [7, 11) is 0. The highest BCUT2D eigenvalue weighted by Gasteiger charge is 2.16. The zero-order chi connectivity index (χ0) is 30.3. The molecule has 0 fully saturated rings. The maximum absolute atomic E-state index is 2.51. The van der Waals surface area contributed by atoms with Crippen molar-refractivity contribution < 1.29 is 0 Å². The summed E-state index contributed by atoms with van der Waals surface area (Å²) >= 11 is 0. The number of fused-ring (bicyclic) bond motifs is 1. The van der Waals surface area contributed by atoms with E-state index in [0.29, 0.717) is 0 Å². The maximum Gasteiger partial charge on any atom is -0.0103 e. The highest BCUT2D eigenvalue weighted by Crippen LogP contribution is 2.37. The quantitative estimate of drug-likeness (QED) is 0.159. The Hall–Kier alpha value is -3.12. The van der Waals surface area contributed by atoms with Gasteiger partial charge >= 0.3 is 0 Å². The van der Waals surface area contributed by atoms with E-state index in [1.54, 1.807) is 5.57 Å². The van der Waals surface area contributed by atoms with Crippen molar-refractivity contribution in [3.05, 3.63) is 112 Å². The van der Waals surface area contributed by atoms with E-state index in [1.165, 1.54) is 94.2 Å². The second kappa shape index (κ2) is 17.7. The van der Waals surface area contributed by atoms with Gasteiger partial charge in [-0.3, -0.25) is 0 Å². The second-order valence-corrected chi connectivity index (χ2v) is 12.2. The Balaban J connectivity index is 2.10. The number of allylic oxidation sites excluding steroid dienone is 11. The van der Waals surface area contributed by atoms with Crippen LogP contribution in [0, 0.1) is 0 Å². The Morgan fingerprint density at radius 2 is 1.62 bits per heavy atom. The van der Waals surface area contributed by atoms with Crippen molar-refractivity contribution in [3.8, 4) is 11.1 Å². The van der Waals surface area contributed by atoms with Gasteiger partial charge < -0.3 is 0 Å². The van der Waals surface area contributed by atoms with Gasteiger partial charge in [0.15, 0.2) is 0 Å². The van der Waals surface area contributed by atoms with Gasteiger partial charge in [0.25, 0.3) is 0 Å². The molecule has 0 aliphatic heterocycles. The number of hydrogen-bond acceptors (Lipinski definition) is 0. The minimum atomic E-state index is 1.09. The second-order valence-electron chi connectivity index (χ2n) is 12.2. The van der Waals surface area contributed by atoms with Crippen molar-refractivity contribution in [3.63, 3.8) is 0 Å². The predicted octanol–water partition coefficient (Wildman–Crippen LogP) is 13.5. The molecule has 0 saturated carbocycles. The fraction of sp³-hybridized carbons (Fsp3) is 0.429. The first-order valence-electron chi connectivity index (χ1n) is 16.8. The van der Waals surface area contributed by atoms with Gasteiger partial charge in [-0.2, -0.15) is 0 Å². The van der Waals surface area contributed by atoms with Crippen LogP contribution in [0.2, 0.25) is 0 Å². The van der Waals surface area contributed by atoms with Crippen molar-refractivity contribution in [2.75, 3.05) is 0 Å². The van der Waals surface area contributed by atoms with Crippen molar-refractivity contribution in [2.45, 2.75) is 119 Å². The lowest BCUT2D eigenvalue weighted by Gasteiger charge is -2.16. The van der Waals surface area contributed by atoms with E-state index >= 15 is 0 Å². The highest BCUT2D eigenvalue weighted by molar-refractivity contribution is 5.83. The van der Waals surface area contributed by atoms with Gasteiger partial charge in [-0.1, -0.05) is 131 Å². The molecule has 0 nitrogen and oxygen atoms in total. The summed E-state index contributed by atoms with van der Waals surface area (Å²) in [6, 6.07) is 14.4. The molecule has 0 atom stereocenters. The van der Waals surface area contributed by atoms with Crippen molar-refractivity contribution in [1.29, 1.82) is 0 Å². The van der Waals surface area contributed by atoms with E-state index < -0.39 is 0 Å². The van der Waals surface area contributed by atoms with Gasteiger partial charge in [0.05, 0.1) is 0 Å². The molecule has 0 spiro atoms. The van der Waals surface area contributed by atoms with Gasteiger partial charge in [0.2, 0.25) is 0 Å². The summed E-state index contributed by atoms with van der Waals surface area (Å²) in [6.45, 7) is 15.7. The Bertz CT molecular complexity index is 1330. The van der Waals surface area contributed by atoms with Crippen LogP contribution >= 0.6 is 0 Å². The first kappa shape index (κ1) is 33.4. The molecule has 0 bridgehead atoms. The van der Waals surface area contributed by atoms with Gasteiger partial charge in [-0.25, -0.2) is 0 Å². The van der Waals surface area contributed by atoms with Crippen LogP contribution in [0.4, 0.5) is 0 Å². The summed E-state index contributed by atoms with van der Waals surface area (Å²) < 4.78 is 0. The van der Waals surface area contributed by atoms with E-state index in [2.05, 4.69) is 127 Å². The summed E-state index contributed by atoms with van der Waals surface area (Å²) in [4.78, 5) is 0. The molecule has 0 radical (unpaired) electrons. The lowest BCUT2D eigenvalue weighted by atomic mass is 9.88. The van der Waals surface area contributed by atoms with Crippen LogP contribution in [0.5, 0.6) is 0 Å².